The number of nitrogens with one attached hydrogen (secondary N) is 1. The van der Waals surface area contributed by atoms with Crippen molar-refractivity contribution in [2.45, 2.75) is 50.9 Å². The van der Waals surface area contributed by atoms with Crippen molar-refractivity contribution in [2.75, 3.05) is 5.32 Å². The highest BCUT2D eigenvalue weighted by atomic mass is 16.6. The molecule has 4 aliphatic rings. The summed E-state index contributed by atoms with van der Waals surface area (Å²) in [5.41, 5.74) is 3.32. The second-order valence-electron chi connectivity index (χ2n) is 12.2. The number of carbonyl (C=O) groups excluding carboxylic acids is 1. The molecular weight excluding hydrogens is 516 g/mol. The molecule has 1 N–H and O–H groups in total. The molecule has 8 rings (SSSR count). The van der Waals surface area contributed by atoms with Gasteiger partial charge in [0.25, 0.3) is 11.6 Å². The van der Waals surface area contributed by atoms with Crippen molar-refractivity contribution in [1.29, 1.82) is 0 Å². The predicted molar refractivity (Wildman–Crippen MR) is 156 cm³/mol. The molecule has 0 spiro atoms. The van der Waals surface area contributed by atoms with Gasteiger partial charge in [0.05, 0.1) is 33.6 Å². The monoisotopic (exact) mass is 548 g/mol. The van der Waals surface area contributed by atoms with E-state index < -0.39 is 4.92 Å². The number of anilines is 1. The zero-order chi connectivity index (χ0) is 28.1. The van der Waals surface area contributed by atoms with E-state index in [2.05, 4.69) is 5.32 Å². The minimum absolute atomic E-state index is 0.108. The lowest BCUT2D eigenvalue weighted by Gasteiger charge is -2.56. The largest absolute Gasteiger partial charge is 0.457 e. The van der Waals surface area contributed by atoms with Crippen molar-refractivity contribution in [3.05, 3.63) is 106 Å². The SMILES string of the molecule is Cc1cccc(Oc2cc(NC(=O)c3cn(-c4ccccc4)nc3C34CC5CC(CC(C5)C3)C4)cc([N+](=O)[O-])c2)c1. The van der Waals surface area contributed by atoms with Gasteiger partial charge in [-0.05, 0) is 93.0 Å². The summed E-state index contributed by atoms with van der Waals surface area (Å²) in [5, 5.41) is 19.8. The molecule has 0 saturated heterocycles. The van der Waals surface area contributed by atoms with Crippen molar-refractivity contribution < 1.29 is 14.5 Å². The summed E-state index contributed by atoms with van der Waals surface area (Å²) in [6.45, 7) is 1.95. The smallest absolute Gasteiger partial charge is 0.275 e. The quantitative estimate of drug-likeness (QED) is 0.189. The molecule has 208 valence electrons. The first-order valence-corrected chi connectivity index (χ1v) is 14.3. The average molecular weight is 549 g/mol. The summed E-state index contributed by atoms with van der Waals surface area (Å²) in [5.74, 6) is 2.60. The highest BCUT2D eigenvalue weighted by Crippen LogP contribution is 2.61. The number of para-hydroxylation sites is 1. The van der Waals surface area contributed by atoms with Gasteiger partial charge in [0.1, 0.15) is 11.5 Å². The molecule has 0 aliphatic heterocycles. The molecule has 4 aromatic rings. The summed E-state index contributed by atoms with van der Waals surface area (Å²) in [6.07, 6.45) is 8.88. The number of benzene rings is 3. The van der Waals surface area contributed by atoms with E-state index in [0.717, 1.165) is 36.2 Å². The maximum Gasteiger partial charge on any atom is 0.275 e. The summed E-state index contributed by atoms with van der Waals surface area (Å²) in [4.78, 5) is 25.3. The van der Waals surface area contributed by atoms with E-state index in [1.54, 1.807) is 12.1 Å². The molecule has 1 heterocycles. The average Bonchev–Trinajstić information content (AvgIpc) is 3.40. The fourth-order valence-electron chi connectivity index (χ4n) is 7.88. The number of aryl methyl sites for hydroxylation is 1. The van der Waals surface area contributed by atoms with Crippen LogP contribution in [0.25, 0.3) is 5.69 Å². The van der Waals surface area contributed by atoms with Crippen LogP contribution in [0, 0.1) is 34.8 Å². The normalized spacial score (nSPS) is 24.3. The van der Waals surface area contributed by atoms with Crippen molar-refractivity contribution in [3.63, 3.8) is 0 Å². The van der Waals surface area contributed by atoms with E-state index in [9.17, 15) is 14.9 Å². The summed E-state index contributed by atoms with van der Waals surface area (Å²) in [7, 11) is 0. The Labute approximate surface area is 238 Å². The zero-order valence-corrected chi connectivity index (χ0v) is 23.0. The van der Waals surface area contributed by atoms with Crippen LogP contribution in [0.5, 0.6) is 11.5 Å². The van der Waals surface area contributed by atoms with Gasteiger partial charge in [-0.15, -0.1) is 0 Å². The standard InChI is InChI=1S/C33H32N4O4/c1-21-6-5-9-28(10-21)41-29-15-25(14-27(16-29)37(39)40)34-32(38)30-20-36(26-7-3-2-4-8-26)35-31(30)33-17-22-11-23(18-33)13-24(12-22)19-33/h2-10,14-16,20,22-24H,11-13,17-19H2,1H3,(H,34,38). The molecule has 3 aromatic carbocycles. The zero-order valence-electron chi connectivity index (χ0n) is 23.0. The van der Waals surface area contributed by atoms with Crippen LogP contribution in [0.4, 0.5) is 11.4 Å². The van der Waals surface area contributed by atoms with Gasteiger partial charge in [-0.2, -0.15) is 5.10 Å². The Balaban J connectivity index is 1.25. The molecule has 41 heavy (non-hydrogen) atoms. The Morgan fingerprint density at radius 3 is 2.32 bits per heavy atom. The van der Waals surface area contributed by atoms with E-state index in [-0.39, 0.29) is 22.8 Å². The minimum Gasteiger partial charge on any atom is -0.457 e. The van der Waals surface area contributed by atoms with Crippen LogP contribution in [0.15, 0.2) is 79.0 Å². The molecular formula is C33H32N4O4. The summed E-state index contributed by atoms with van der Waals surface area (Å²) in [6, 6.07) is 21.6. The van der Waals surface area contributed by atoms with Crippen molar-refractivity contribution >= 4 is 17.3 Å². The molecule has 0 atom stereocenters. The van der Waals surface area contributed by atoms with E-state index >= 15 is 0 Å². The number of hydrogen-bond donors (Lipinski definition) is 1. The number of nitro groups is 1. The Bertz CT molecular complexity index is 1610. The number of hydrogen-bond acceptors (Lipinski definition) is 5. The first-order chi connectivity index (χ1) is 19.8. The van der Waals surface area contributed by atoms with Crippen molar-refractivity contribution in [2.24, 2.45) is 17.8 Å². The summed E-state index contributed by atoms with van der Waals surface area (Å²) >= 11 is 0. The molecule has 8 nitrogen and oxygen atoms in total. The lowest BCUT2D eigenvalue weighted by Crippen LogP contribution is -2.49. The van der Waals surface area contributed by atoms with Crippen molar-refractivity contribution in [3.8, 4) is 17.2 Å². The Morgan fingerprint density at radius 2 is 1.66 bits per heavy atom. The van der Waals surface area contributed by atoms with Crippen LogP contribution in [0.2, 0.25) is 0 Å². The number of carbonyl (C=O) groups is 1. The topological polar surface area (TPSA) is 99.3 Å². The predicted octanol–water partition coefficient (Wildman–Crippen LogP) is 7.60. The van der Waals surface area contributed by atoms with E-state index in [0.29, 0.717) is 34.8 Å². The number of nitro benzene ring substituents is 1. The van der Waals surface area contributed by atoms with E-state index in [4.69, 9.17) is 9.84 Å². The second-order valence-corrected chi connectivity index (χ2v) is 12.2. The van der Waals surface area contributed by atoms with Gasteiger partial charge in [0, 0.05) is 23.7 Å². The van der Waals surface area contributed by atoms with Gasteiger partial charge in [0.2, 0.25) is 0 Å². The number of non-ortho nitro benzene ring substituents is 1. The highest BCUT2D eigenvalue weighted by Gasteiger charge is 2.54. The molecule has 0 unspecified atom stereocenters. The molecule has 1 amide bonds. The van der Waals surface area contributed by atoms with Crippen LogP contribution < -0.4 is 10.1 Å². The third-order valence-electron chi connectivity index (χ3n) is 9.11. The molecule has 1 aromatic heterocycles. The van der Waals surface area contributed by atoms with Crippen LogP contribution in [0.1, 0.15) is 60.1 Å². The molecule has 4 saturated carbocycles. The number of aromatic nitrogens is 2. The van der Waals surface area contributed by atoms with Gasteiger partial charge in [-0.1, -0.05) is 30.3 Å². The second kappa shape index (κ2) is 9.87. The maximum atomic E-state index is 14.0. The maximum absolute atomic E-state index is 14.0. The third kappa shape index (κ3) is 4.88. The first kappa shape index (κ1) is 25.5. The van der Waals surface area contributed by atoms with Crippen LogP contribution >= 0.6 is 0 Å². The van der Waals surface area contributed by atoms with Gasteiger partial charge in [0.15, 0.2) is 0 Å². The van der Waals surface area contributed by atoms with Crippen LogP contribution in [-0.4, -0.2) is 20.6 Å². The Morgan fingerprint density at radius 1 is 0.951 bits per heavy atom. The lowest BCUT2D eigenvalue weighted by atomic mass is 9.48. The lowest BCUT2D eigenvalue weighted by molar-refractivity contribution is -0.384. The van der Waals surface area contributed by atoms with Gasteiger partial charge < -0.3 is 10.1 Å². The van der Waals surface area contributed by atoms with E-state index in [1.807, 2.05) is 66.3 Å². The number of rotatable bonds is 7. The fourth-order valence-corrected chi connectivity index (χ4v) is 7.88. The molecule has 8 heteroatoms. The fraction of sp³-hybridized carbons (Fsp3) is 0.333. The van der Waals surface area contributed by atoms with Crippen LogP contribution in [0.3, 0.4) is 0 Å². The van der Waals surface area contributed by atoms with Gasteiger partial charge in [-0.25, -0.2) is 4.68 Å². The number of ether oxygens (including phenoxy) is 1. The first-order valence-electron chi connectivity index (χ1n) is 14.3. The minimum atomic E-state index is -0.479. The van der Waals surface area contributed by atoms with Gasteiger partial charge >= 0.3 is 0 Å². The Kier molecular flexibility index (Phi) is 6.14. The van der Waals surface area contributed by atoms with Crippen molar-refractivity contribution in [1.82, 2.24) is 9.78 Å². The molecule has 4 fully saturated rings. The number of nitrogens with zero attached hydrogens (tertiary/aromatic N) is 3. The number of amides is 1. The molecule has 4 aliphatic carbocycles. The third-order valence-corrected chi connectivity index (χ3v) is 9.11. The van der Waals surface area contributed by atoms with E-state index in [1.165, 1.54) is 31.4 Å². The highest BCUT2D eigenvalue weighted by molar-refractivity contribution is 6.05. The summed E-state index contributed by atoms with van der Waals surface area (Å²) < 4.78 is 7.76. The van der Waals surface area contributed by atoms with Gasteiger partial charge in [-0.3, -0.25) is 14.9 Å². The molecule has 0 radical (unpaired) electrons. The Hall–Kier alpha value is -4.46. The van der Waals surface area contributed by atoms with Crippen LogP contribution in [-0.2, 0) is 5.41 Å². The molecule has 4 bridgehead atoms.